The molecule has 2 aromatic carbocycles. The third kappa shape index (κ3) is 3.56. The van der Waals surface area contributed by atoms with Gasteiger partial charge in [0.25, 0.3) is 5.69 Å². The van der Waals surface area contributed by atoms with Gasteiger partial charge in [-0.2, -0.15) is 0 Å². The molecule has 0 amide bonds. The van der Waals surface area contributed by atoms with Gasteiger partial charge in [-0.25, -0.2) is 13.1 Å². The molecule has 0 aliphatic heterocycles. The molecule has 0 aromatic heterocycles. The lowest BCUT2D eigenvalue weighted by Crippen LogP contribution is -2.23. The fourth-order valence-corrected chi connectivity index (χ4v) is 2.74. The lowest BCUT2D eigenvalue weighted by atomic mass is 10.2. The van der Waals surface area contributed by atoms with Gasteiger partial charge in [-0.05, 0) is 17.7 Å². The van der Waals surface area contributed by atoms with Gasteiger partial charge in [0.1, 0.15) is 5.69 Å². The summed E-state index contributed by atoms with van der Waals surface area (Å²) in [6.07, 6.45) is 0. The van der Waals surface area contributed by atoms with Crippen molar-refractivity contribution in [2.24, 2.45) is 0 Å². The van der Waals surface area contributed by atoms with Crippen molar-refractivity contribution in [3.63, 3.8) is 0 Å². The predicted octanol–water partition coefficient (Wildman–Crippen LogP) is 1.66. The van der Waals surface area contributed by atoms with Crippen LogP contribution in [0.25, 0.3) is 0 Å². The number of rotatable bonds is 5. The highest BCUT2D eigenvalue weighted by molar-refractivity contribution is 7.89. The van der Waals surface area contributed by atoms with E-state index in [2.05, 4.69) is 4.72 Å². The second-order valence-corrected chi connectivity index (χ2v) is 6.05. The highest BCUT2D eigenvalue weighted by Crippen LogP contribution is 2.24. The van der Waals surface area contributed by atoms with Crippen molar-refractivity contribution in [1.29, 1.82) is 0 Å². The largest absolute Gasteiger partial charge is 0.393 e. The Kier molecular flexibility index (Phi) is 4.20. The van der Waals surface area contributed by atoms with E-state index in [1.54, 1.807) is 24.3 Å². The second kappa shape index (κ2) is 5.90. The van der Waals surface area contributed by atoms with Crippen LogP contribution in [0.2, 0.25) is 0 Å². The SMILES string of the molecule is Nc1ccc(S(=O)(=O)NCc2ccccc2)cc1[N+](=O)[O-]. The van der Waals surface area contributed by atoms with E-state index in [9.17, 15) is 18.5 Å². The molecule has 110 valence electrons. The number of nitro benzene ring substituents is 1. The summed E-state index contributed by atoms with van der Waals surface area (Å²) in [4.78, 5) is 9.88. The van der Waals surface area contributed by atoms with Crippen LogP contribution in [-0.2, 0) is 16.6 Å². The van der Waals surface area contributed by atoms with E-state index in [0.29, 0.717) is 0 Å². The molecule has 0 spiro atoms. The molecular weight excluding hydrogens is 294 g/mol. The maximum atomic E-state index is 12.1. The van der Waals surface area contributed by atoms with Crippen molar-refractivity contribution < 1.29 is 13.3 Å². The molecule has 7 nitrogen and oxygen atoms in total. The quantitative estimate of drug-likeness (QED) is 0.495. The Labute approximate surface area is 121 Å². The number of sulfonamides is 1. The molecule has 0 aliphatic rings. The number of nitrogens with zero attached hydrogens (tertiary/aromatic N) is 1. The van der Waals surface area contributed by atoms with E-state index in [1.165, 1.54) is 12.1 Å². The first-order valence-corrected chi connectivity index (χ1v) is 7.46. The first-order chi connectivity index (χ1) is 9.90. The minimum absolute atomic E-state index is 0.0815. The number of nitrogens with two attached hydrogens (primary N) is 1. The zero-order valence-corrected chi connectivity index (χ0v) is 11.7. The smallest absolute Gasteiger partial charge is 0.293 e. The second-order valence-electron chi connectivity index (χ2n) is 4.29. The number of nitrogens with one attached hydrogen (secondary N) is 1. The van der Waals surface area contributed by atoms with Crippen LogP contribution >= 0.6 is 0 Å². The normalized spacial score (nSPS) is 11.2. The average Bonchev–Trinajstić information content (AvgIpc) is 2.46. The molecule has 0 unspecified atom stereocenters. The molecule has 0 saturated carbocycles. The predicted molar refractivity (Wildman–Crippen MR) is 78.0 cm³/mol. The topological polar surface area (TPSA) is 115 Å². The maximum Gasteiger partial charge on any atom is 0.293 e. The van der Waals surface area contributed by atoms with Crippen molar-refractivity contribution >= 4 is 21.4 Å². The zero-order valence-electron chi connectivity index (χ0n) is 10.9. The molecule has 0 bridgehead atoms. The van der Waals surface area contributed by atoms with Gasteiger partial charge in [-0.15, -0.1) is 0 Å². The number of nitrogen functional groups attached to an aromatic ring is 1. The molecule has 3 N–H and O–H groups in total. The molecule has 0 fully saturated rings. The molecule has 0 saturated heterocycles. The first-order valence-electron chi connectivity index (χ1n) is 5.97. The van der Waals surface area contributed by atoms with Crippen LogP contribution in [-0.4, -0.2) is 13.3 Å². The number of anilines is 1. The molecule has 8 heteroatoms. The van der Waals surface area contributed by atoms with Crippen molar-refractivity contribution in [3.8, 4) is 0 Å². The summed E-state index contributed by atoms with van der Waals surface area (Å²) in [5.74, 6) is 0. The first kappa shape index (κ1) is 14.9. The van der Waals surface area contributed by atoms with Crippen LogP contribution < -0.4 is 10.5 Å². The molecular formula is C13H13N3O4S. The molecule has 21 heavy (non-hydrogen) atoms. The molecule has 2 aromatic rings. The monoisotopic (exact) mass is 307 g/mol. The van der Waals surface area contributed by atoms with Gasteiger partial charge in [0.2, 0.25) is 10.0 Å². The van der Waals surface area contributed by atoms with Gasteiger partial charge in [0.05, 0.1) is 9.82 Å². The third-order valence-electron chi connectivity index (χ3n) is 2.82. The van der Waals surface area contributed by atoms with Crippen molar-refractivity contribution in [3.05, 3.63) is 64.2 Å². The van der Waals surface area contributed by atoms with E-state index < -0.39 is 20.6 Å². The lowest BCUT2D eigenvalue weighted by Gasteiger charge is -2.07. The number of benzene rings is 2. The van der Waals surface area contributed by atoms with E-state index in [-0.39, 0.29) is 17.1 Å². The Morgan fingerprint density at radius 1 is 1.14 bits per heavy atom. The molecule has 2 rings (SSSR count). The van der Waals surface area contributed by atoms with Gasteiger partial charge in [0.15, 0.2) is 0 Å². The Morgan fingerprint density at radius 2 is 1.81 bits per heavy atom. The van der Waals surface area contributed by atoms with Crippen LogP contribution in [0.3, 0.4) is 0 Å². The van der Waals surface area contributed by atoms with Crippen LogP contribution in [0.1, 0.15) is 5.56 Å². The highest BCUT2D eigenvalue weighted by atomic mass is 32.2. The average molecular weight is 307 g/mol. The summed E-state index contributed by atoms with van der Waals surface area (Å²) >= 11 is 0. The van der Waals surface area contributed by atoms with E-state index in [1.807, 2.05) is 6.07 Å². The van der Waals surface area contributed by atoms with Crippen LogP contribution in [0, 0.1) is 10.1 Å². The summed E-state index contributed by atoms with van der Waals surface area (Å²) in [5, 5.41) is 10.8. The molecule has 0 aliphatic carbocycles. The van der Waals surface area contributed by atoms with Crippen LogP contribution in [0.15, 0.2) is 53.4 Å². The summed E-state index contributed by atoms with van der Waals surface area (Å²) in [6, 6.07) is 12.3. The minimum atomic E-state index is -3.84. The van der Waals surface area contributed by atoms with E-state index >= 15 is 0 Å². The lowest BCUT2D eigenvalue weighted by molar-refractivity contribution is -0.384. The maximum absolute atomic E-state index is 12.1. The standard InChI is InChI=1S/C13H13N3O4S/c14-12-7-6-11(8-13(12)16(17)18)21(19,20)15-9-10-4-2-1-3-5-10/h1-8,15H,9,14H2. The molecule has 0 radical (unpaired) electrons. The van der Waals surface area contributed by atoms with E-state index in [0.717, 1.165) is 11.6 Å². The summed E-state index contributed by atoms with van der Waals surface area (Å²) in [5.41, 5.74) is 5.71. The zero-order chi connectivity index (χ0) is 15.5. The Bertz CT molecular complexity index is 760. The van der Waals surface area contributed by atoms with E-state index in [4.69, 9.17) is 5.73 Å². The van der Waals surface area contributed by atoms with Gasteiger partial charge in [-0.1, -0.05) is 30.3 Å². The number of hydrogen-bond donors (Lipinski definition) is 2. The van der Waals surface area contributed by atoms with Crippen LogP contribution in [0.5, 0.6) is 0 Å². The van der Waals surface area contributed by atoms with Gasteiger partial charge in [-0.3, -0.25) is 10.1 Å². The fraction of sp³-hybridized carbons (Fsp3) is 0.0769. The Balaban J connectivity index is 2.24. The third-order valence-corrected chi connectivity index (χ3v) is 4.22. The Hall–Kier alpha value is -2.45. The minimum Gasteiger partial charge on any atom is -0.393 e. The number of hydrogen-bond acceptors (Lipinski definition) is 5. The fourth-order valence-electron chi connectivity index (χ4n) is 1.71. The summed E-state index contributed by atoms with van der Waals surface area (Å²) < 4.78 is 26.6. The van der Waals surface area contributed by atoms with Crippen LogP contribution in [0.4, 0.5) is 11.4 Å². The Morgan fingerprint density at radius 3 is 2.43 bits per heavy atom. The van der Waals surface area contributed by atoms with Crippen molar-refractivity contribution in [2.45, 2.75) is 11.4 Å². The van der Waals surface area contributed by atoms with Gasteiger partial charge in [0, 0.05) is 12.6 Å². The molecule has 0 atom stereocenters. The van der Waals surface area contributed by atoms with Crippen molar-refractivity contribution in [2.75, 3.05) is 5.73 Å². The number of nitro groups is 1. The summed E-state index contributed by atoms with van der Waals surface area (Å²) in [7, 11) is -3.84. The van der Waals surface area contributed by atoms with Gasteiger partial charge < -0.3 is 5.73 Å². The highest BCUT2D eigenvalue weighted by Gasteiger charge is 2.19. The summed E-state index contributed by atoms with van der Waals surface area (Å²) in [6.45, 7) is 0.0986. The van der Waals surface area contributed by atoms with Crippen molar-refractivity contribution in [1.82, 2.24) is 4.72 Å². The molecule has 0 heterocycles. The van der Waals surface area contributed by atoms with Gasteiger partial charge >= 0.3 is 0 Å².